The molecule has 0 spiro atoms. The van der Waals surface area contributed by atoms with Crippen LogP contribution in [0.4, 0.5) is 0 Å². The largest absolute Gasteiger partial charge is 0.449 e. The minimum atomic E-state index is -0.778. The van der Waals surface area contributed by atoms with Gasteiger partial charge in [-0.15, -0.1) is 0 Å². The summed E-state index contributed by atoms with van der Waals surface area (Å²) in [6, 6.07) is 5.13. The number of hydrogen-bond donors (Lipinski definition) is 3. The summed E-state index contributed by atoms with van der Waals surface area (Å²) < 4.78 is 5.54. The second-order valence-electron chi connectivity index (χ2n) is 5.88. The monoisotopic (exact) mass is 311 g/mol. The van der Waals surface area contributed by atoms with E-state index in [-0.39, 0.29) is 11.1 Å². The summed E-state index contributed by atoms with van der Waals surface area (Å²) in [7, 11) is 5.79. The van der Waals surface area contributed by atoms with Crippen LogP contribution >= 0.6 is 0 Å². The second-order valence-corrected chi connectivity index (χ2v) is 5.88. The lowest BCUT2D eigenvalue weighted by molar-refractivity contribution is 0.0572. The molecule has 0 saturated carbocycles. The Balaban J connectivity index is 1.78. The number of aromatic amines is 1. The minimum Gasteiger partial charge on any atom is -0.449 e. The summed E-state index contributed by atoms with van der Waals surface area (Å²) >= 11 is 0. The van der Waals surface area contributed by atoms with Gasteiger partial charge in [0.05, 0.1) is 18.8 Å². The Labute approximate surface area is 132 Å². The lowest BCUT2D eigenvalue weighted by Crippen LogP contribution is -2.24. The number of β-amino-alcohol motifs (C(OH)–C–C–N with tert-alkyl or cyclic N) is 2. The summed E-state index contributed by atoms with van der Waals surface area (Å²) in [5.41, 5.74) is 1.38. The third kappa shape index (κ3) is 2.44. The van der Waals surface area contributed by atoms with Crippen molar-refractivity contribution in [1.29, 1.82) is 0 Å². The third-order valence-corrected chi connectivity index (χ3v) is 4.10. The number of aromatic nitrogens is 2. The Morgan fingerprint density at radius 1 is 1.35 bits per heavy atom. The zero-order chi connectivity index (χ0) is 16.1. The van der Waals surface area contributed by atoms with Crippen LogP contribution in [0.5, 0.6) is 0 Å². The first-order valence-corrected chi connectivity index (χ1v) is 7.30. The molecule has 4 rings (SSSR count). The first kappa shape index (κ1) is 14.4. The van der Waals surface area contributed by atoms with E-state index >= 15 is 0 Å². The van der Waals surface area contributed by atoms with Gasteiger partial charge < -0.3 is 19.6 Å². The van der Waals surface area contributed by atoms with E-state index in [0.29, 0.717) is 47.4 Å². The normalized spacial score (nSPS) is 22.3. The van der Waals surface area contributed by atoms with E-state index in [1.807, 2.05) is 4.90 Å². The molecule has 1 aliphatic rings. The van der Waals surface area contributed by atoms with Crippen molar-refractivity contribution in [2.75, 3.05) is 13.1 Å². The standard InChI is InChI=1S/C15H14BN3O4/c16-7-1-2-11-8(3-7)13-14(23-11)15(22)18-12(17-13)6-19-4-9(20)10(21)5-19/h1-3,9-10,20-21H,4-6H2,(H,17,18,22)/t9-,10+. The predicted octanol–water partition coefficient (Wildman–Crippen LogP) is -1.000. The highest BCUT2D eigenvalue weighted by atomic mass is 16.3. The van der Waals surface area contributed by atoms with Crippen LogP contribution in [-0.4, -0.2) is 58.2 Å². The maximum atomic E-state index is 12.2. The molecule has 1 fully saturated rings. The molecule has 3 aromatic rings. The Bertz CT molecular complexity index is 941. The number of rotatable bonds is 2. The summed E-state index contributed by atoms with van der Waals surface area (Å²) in [4.78, 5) is 21.2. The van der Waals surface area contributed by atoms with Gasteiger partial charge in [0.25, 0.3) is 5.56 Å². The van der Waals surface area contributed by atoms with Crippen LogP contribution in [0.2, 0.25) is 0 Å². The van der Waals surface area contributed by atoms with Gasteiger partial charge in [-0.2, -0.15) is 0 Å². The van der Waals surface area contributed by atoms with Crippen molar-refractivity contribution in [3.63, 3.8) is 0 Å². The average Bonchev–Trinajstić information content (AvgIpc) is 3.00. The zero-order valence-electron chi connectivity index (χ0n) is 12.2. The number of hydrogen-bond acceptors (Lipinski definition) is 6. The molecule has 0 bridgehead atoms. The van der Waals surface area contributed by atoms with Gasteiger partial charge in [-0.05, 0) is 6.07 Å². The van der Waals surface area contributed by atoms with E-state index < -0.39 is 12.2 Å². The molecule has 0 amide bonds. The number of nitrogens with one attached hydrogen (secondary N) is 1. The van der Waals surface area contributed by atoms with Crippen LogP contribution in [-0.2, 0) is 6.54 Å². The van der Waals surface area contributed by atoms with E-state index in [0.717, 1.165) is 0 Å². The number of fused-ring (bicyclic) bond motifs is 3. The highest BCUT2D eigenvalue weighted by Gasteiger charge is 2.30. The van der Waals surface area contributed by atoms with Gasteiger partial charge in [0.1, 0.15) is 24.8 Å². The van der Waals surface area contributed by atoms with Gasteiger partial charge in [-0.3, -0.25) is 9.69 Å². The van der Waals surface area contributed by atoms with Crippen LogP contribution in [0.1, 0.15) is 5.82 Å². The van der Waals surface area contributed by atoms with Crippen molar-refractivity contribution >= 4 is 35.4 Å². The number of furan rings is 1. The second kappa shape index (κ2) is 5.19. The van der Waals surface area contributed by atoms with Gasteiger partial charge in [0, 0.05) is 18.5 Å². The Hall–Kier alpha value is -2.16. The van der Waals surface area contributed by atoms with Crippen molar-refractivity contribution in [3.05, 3.63) is 34.4 Å². The molecule has 116 valence electrons. The lowest BCUT2D eigenvalue weighted by Gasteiger charge is -2.13. The number of aliphatic hydroxyl groups excluding tert-OH is 2. The molecule has 1 aliphatic heterocycles. The molecule has 3 heterocycles. The Morgan fingerprint density at radius 3 is 2.83 bits per heavy atom. The quantitative estimate of drug-likeness (QED) is 0.525. The van der Waals surface area contributed by atoms with Crippen molar-refractivity contribution < 1.29 is 14.6 Å². The highest BCUT2D eigenvalue weighted by molar-refractivity contribution is 6.33. The molecule has 2 radical (unpaired) electrons. The molecule has 0 unspecified atom stereocenters. The summed E-state index contributed by atoms with van der Waals surface area (Å²) in [6.07, 6.45) is -1.56. The fourth-order valence-corrected chi connectivity index (χ4v) is 2.98. The summed E-state index contributed by atoms with van der Waals surface area (Å²) in [5, 5.41) is 19.9. The van der Waals surface area contributed by atoms with Crippen LogP contribution in [0.25, 0.3) is 22.1 Å². The van der Waals surface area contributed by atoms with E-state index in [9.17, 15) is 15.0 Å². The molecule has 2 atom stereocenters. The molecule has 23 heavy (non-hydrogen) atoms. The van der Waals surface area contributed by atoms with Gasteiger partial charge >= 0.3 is 0 Å². The van der Waals surface area contributed by atoms with Crippen LogP contribution < -0.4 is 11.0 Å². The third-order valence-electron chi connectivity index (χ3n) is 4.10. The lowest BCUT2D eigenvalue weighted by atomic mass is 9.95. The number of H-pyrrole nitrogens is 1. The molecule has 8 heteroatoms. The highest BCUT2D eigenvalue weighted by Crippen LogP contribution is 2.24. The topological polar surface area (TPSA) is 103 Å². The number of nitrogens with zero attached hydrogens (tertiary/aromatic N) is 2. The number of aliphatic hydroxyl groups is 2. The maximum absolute atomic E-state index is 12.2. The molecule has 1 saturated heterocycles. The van der Waals surface area contributed by atoms with Crippen LogP contribution in [0.15, 0.2) is 27.4 Å². The number of benzene rings is 1. The van der Waals surface area contributed by atoms with Gasteiger partial charge in [-0.1, -0.05) is 17.6 Å². The van der Waals surface area contributed by atoms with Gasteiger partial charge in [0.2, 0.25) is 5.58 Å². The maximum Gasteiger partial charge on any atom is 0.294 e. The van der Waals surface area contributed by atoms with Crippen LogP contribution in [0.3, 0.4) is 0 Å². The molecule has 0 aliphatic carbocycles. The predicted molar refractivity (Wildman–Crippen MR) is 84.8 cm³/mol. The van der Waals surface area contributed by atoms with Crippen molar-refractivity contribution in [2.45, 2.75) is 18.8 Å². The molecular weight excluding hydrogens is 297 g/mol. The molecule has 7 nitrogen and oxygen atoms in total. The summed E-state index contributed by atoms with van der Waals surface area (Å²) in [5.74, 6) is 0.453. The number of likely N-dealkylation sites (tertiary alicyclic amines) is 1. The van der Waals surface area contributed by atoms with Crippen LogP contribution in [0, 0.1) is 0 Å². The van der Waals surface area contributed by atoms with Crippen molar-refractivity contribution in [3.8, 4) is 0 Å². The molecule has 2 aromatic heterocycles. The fourth-order valence-electron chi connectivity index (χ4n) is 2.98. The zero-order valence-corrected chi connectivity index (χ0v) is 12.2. The van der Waals surface area contributed by atoms with Gasteiger partial charge in [0.15, 0.2) is 0 Å². The first-order chi connectivity index (χ1) is 11.0. The SMILES string of the molecule is [B]c1ccc2oc3c(=O)[nH]c(CN4C[C@@H](O)[C@@H](O)C4)nc3c2c1. The molecule has 3 N–H and O–H groups in total. The fraction of sp³-hybridized carbons (Fsp3) is 0.333. The first-order valence-electron chi connectivity index (χ1n) is 7.30. The van der Waals surface area contributed by atoms with Crippen molar-refractivity contribution in [1.82, 2.24) is 14.9 Å². The van der Waals surface area contributed by atoms with Crippen molar-refractivity contribution in [2.24, 2.45) is 0 Å². The van der Waals surface area contributed by atoms with E-state index in [4.69, 9.17) is 12.3 Å². The van der Waals surface area contributed by atoms with Gasteiger partial charge in [-0.25, -0.2) is 4.98 Å². The average molecular weight is 311 g/mol. The van der Waals surface area contributed by atoms with E-state index in [2.05, 4.69) is 9.97 Å². The minimum absolute atomic E-state index is 0.163. The summed E-state index contributed by atoms with van der Waals surface area (Å²) in [6.45, 7) is 0.998. The Kier molecular flexibility index (Phi) is 3.26. The smallest absolute Gasteiger partial charge is 0.294 e. The molecular formula is C15H14BN3O4. The molecule has 1 aromatic carbocycles. The van der Waals surface area contributed by atoms with E-state index in [1.165, 1.54) is 0 Å². The Morgan fingerprint density at radius 2 is 2.09 bits per heavy atom. The van der Waals surface area contributed by atoms with E-state index in [1.54, 1.807) is 18.2 Å².